The number of aliphatic hydroxyl groups excluding tert-OH is 1. The molecule has 1 fully saturated rings. The summed E-state index contributed by atoms with van der Waals surface area (Å²) < 4.78 is 37.6. The van der Waals surface area contributed by atoms with E-state index in [0.29, 0.717) is 0 Å². The molecule has 1 rings (SSSR count). The van der Waals surface area contributed by atoms with Crippen molar-refractivity contribution in [1.82, 2.24) is 10.2 Å². The van der Waals surface area contributed by atoms with Gasteiger partial charge in [-0.05, 0) is 12.8 Å². The predicted molar refractivity (Wildman–Crippen MR) is 57.4 cm³/mol. The van der Waals surface area contributed by atoms with Crippen molar-refractivity contribution in [2.75, 3.05) is 19.6 Å². The van der Waals surface area contributed by atoms with Gasteiger partial charge >= 0.3 is 18.2 Å². The number of hydrogen-bond acceptors (Lipinski definition) is 3. The molecule has 2 amide bonds. The Morgan fingerprint density at radius 1 is 1.42 bits per heavy atom. The lowest BCUT2D eigenvalue weighted by Crippen LogP contribution is -2.50. The molecule has 0 aromatic heterocycles. The Kier molecular flexibility index (Phi) is 4.98. The fraction of sp³-hybridized carbons (Fsp3) is 0.800. The molecule has 0 aromatic rings. The first-order valence-electron chi connectivity index (χ1n) is 5.72. The number of likely N-dealkylation sites (tertiary alicyclic amines) is 1. The molecule has 0 aromatic carbocycles. The minimum atomic E-state index is -4.35. The number of aliphatic hydroxyl groups is 1. The molecule has 2 atom stereocenters. The summed E-state index contributed by atoms with van der Waals surface area (Å²) in [5.41, 5.74) is 0. The SMILES string of the molecule is O=C(O)[C@@H](O)CNC(=O)N1CCCC(C(F)(F)F)C1. The molecule has 1 aliphatic heterocycles. The molecule has 0 aliphatic carbocycles. The van der Waals surface area contributed by atoms with Gasteiger partial charge < -0.3 is 20.4 Å². The number of nitrogens with one attached hydrogen (secondary N) is 1. The molecule has 1 heterocycles. The molecule has 0 spiro atoms. The first kappa shape index (κ1) is 15.5. The highest BCUT2D eigenvalue weighted by Gasteiger charge is 2.42. The number of nitrogens with zero attached hydrogens (tertiary/aromatic N) is 1. The molecule has 6 nitrogen and oxygen atoms in total. The van der Waals surface area contributed by atoms with Gasteiger partial charge in [-0.15, -0.1) is 0 Å². The number of carbonyl (C=O) groups is 2. The smallest absolute Gasteiger partial charge is 0.393 e. The van der Waals surface area contributed by atoms with Gasteiger partial charge in [0.25, 0.3) is 0 Å². The van der Waals surface area contributed by atoms with Crippen molar-refractivity contribution in [3.63, 3.8) is 0 Å². The number of carboxylic acid groups (broad SMARTS) is 1. The minimum Gasteiger partial charge on any atom is -0.479 e. The lowest BCUT2D eigenvalue weighted by molar-refractivity contribution is -0.184. The van der Waals surface area contributed by atoms with E-state index in [9.17, 15) is 22.8 Å². The van der Waals surface area contributed by atoms with Gasteiger partial charge in [0.05, 0.1) is 12.5 Å². The summed E-state index contributed by atoms with van der Waals surface area (Å²) in [6.07, 6.45) is -5.91. The van der Waals surface area contributed by atoms with Crippen LogP contribution < -0.4 is 5.32 Å². The average molecular weight is 284 g/mol. The lowest BCUT2D eigenvalue weighted by atomic mass is 9.98. The molecule has 1 aliphatic rings. The maximum Gasteiger partial charge on any atom is 0.393 e. The highest BCUT2D eigenvalue weighted by molar-refractivity contribution is 5.76. The monoisotopic (exact) mass is 284 g/mol. The molecular weight excluding hydrogens is 269 g/mol. The molecule has 0 bridgehead atoms. The zero-order valence-corrected chi connectivity index (χ0v) is 9.98. The Morgan fingerprint density at radius 3 is 2.58 bits per heavy atom. The van der Waals surface area contributed by atoms with Gasteiger partial charge in [0, 0.05) is 13.1 Å². The molecule has 19 heavy (non-hydrogen) atoms. The van der Waals surface area contributed by atoms with Crippen molar-refractivity contribution in [1.29, 1.82) is 0 Å². The second-order valence-electron chi connectivity index (χ2n) is 4.37. The lowest BCUT2D eigenvalue weighted by Gasteiger charge is -2.33. The third-order valence-corrected chi connectivity index (χ3v) is 2.90. The van der Waals surface area contributed by atoms with Gasteiger partial charge in [-0.25, -0.2) is 9.59 Å². The van der Waals surface area contributed by atoms with E-state index in [-0.39, 0.29) is 19.4 Å². The first-order valence-corrected chi connectivity index (χ1v) is 5.72. The van der Waals surface area contributed by atoms with Crippen LogP contribution in [0, 0.1) is 5.92 Å². The highest BCUT2D eigenvalue weighted by atomic mass is 19.4. The number of piperidine rings is 1. The van der Waals surface area contributed by atoms with Crippen molar-refractivity contribution in [2.24, 2.45) is 5.92 Å². The van der Waals surface area contributed by atoms with Crippen LogP contribution in [0.5, 0.6) is 0 Å². The topological polar surface area (TPSA) is 89.9 Å². The minimum absolute atomic E-state index is 0.0228. The van der Waals surface area contributed by atoms with Gasteiger partial charge in [-0.3, -0.25) is 0 Å². The summed E-state index contributed by atoms with van der Waals surface area (Å²) in [5.74, 6) is -3.07. The van der Waals surface area contributed by atoms with Crippen LogP contribution in [-0.2, 0) is 4.79 Å². The summed E-state index contributed by atoms with van der Waals surface area (Å²) in [6, 6.07) is -0.797. The number of amides is 2. The second-order valence-corrected chi connectivity index (χ2v) is 4.37. The number of rotatable bonds is 3. The van der Waals surface area contributed by atoms with E-state index >= 15 is 0 Å². The van der Waals surface area contributed by atoms with Gasteiger partial charge in [0.1, 0.15) is 0 Å². The van der Waals surface area contributed by atoms with Gasteiger partial charge in [0.2, 0.25) is 0 Å². The largest absolute Gasteiger partial charge is 0.479 e. The Hall–Kier alpha value is -1.51. The Bertz CT molecular complexity index is 348. The number of aliphatic carboxylic acids is 1. The number of carbonyl (C=O) groups excluding carboxylic acids is 1. The predicted octanol–water partition coefficient (Wildman–Crippen LogP) is 0.416. The van der Waals surface area contributed by atoms with Crippen LogP contribution in [-0.4, -0.2) is 59.0 Å². The zero-order valence-electron chi connectivity index (χ0n) is 9.98. The molecular formula is C10H15F3N2O4. The highest BCUT2D eigenvalue weighted by Crippen LogP contribution is 2.32. The third kappa shape index (κ3) is 4.58. The standard InChI is InChI=1S/C10H15F3N2O4/c11-10(12,13)6-2-1-3-15(5-6)9(19)14-4-7(16)8(17)18/h6-7,16H,1-5H2,(H,14,19)(H,17,18)/t6?,7-/m0/s1. The van der Waals surface area contributed by atoms with Crippen molar-refractivity contribution in [3.8, 4) is 0 Å². The van der Waals surface area contributed by atoms with Crippen LogP contribution in [0.15, 0.2) is 0 Å². The summed E-state index contributed by atoms with van der Waals surface area (Å²) in [7, 11) is 0. The van der Waals surface area contributed by atoms with Crippen LogP contribution in [0.3, 0.4) is 0 Å². The average Bonchev–Trinajstić information content (AvgIpc) is 2.34. The summed E-state index contributed by atoms with van der Waals surface area (Å²) in [6.45, 7) is -0.804. The summed E-state index contributed by atoms with van der Waals surface area (Å²) >= 11 is 0. The molecule has 3 N–H and O–H groups in total. The molecule has 1 unspecified atom stereocenters. The van der Waals surface area contributed by atoms with Gasteiger partial charge in [0.15, 0.2) is 6.10 Å². The van der Waals surface area contributed by atoms with Gasteiger partial charge in [-0.1, -0.05) is 0 Å². The number of hydrogen-bond donors (Lipinski definition) is 3. The number of alkyl halides is 3. The maximum absolute atomic E-state index is 12.5. The molecule has 1 saturated heterocycles. The van der Waals surface area contributed by atoms with E-state index in [4.69, 9.17) is 10.2 Å². The Morgan fingerprint density at radius 2 is 2.05 bits per heavy atom. The van der Waals surface area contributed by atoms with Crippen LogP contribution in [0.25, 0.3) is 0 Å². The summed E-state index contributed by atoms with van der Waals surface area (Å²) in [4.78, 5) is 22.8. The fourth-order valence-electron chi connectivity index (χ4n) is 1.81. The van der Waals surface area contributed by atoms with E-state index in [1.807, 2.05) is 0 Å². The number of urea groups is 1. The Balaban J connectivity index is 2.46. The van der Waals surface area contributed by atoms with E-state index in [0.717, 1.165) is 4.90 Å². The van der Waals surface area contributed by atoms with Crippen molar-refractivity contribution >= 4 is 12.0 Å². The van der Waals surface area contributed by atoms with Crippen LogP contribution in [0.2, 0.25) is 0 Å². The van der Waals surface area contributed by atoms with Gasteiger partial charge in [-0.2, -0.15) is 13.2 Å². The quantitative estimate of drug-likeness (QED) is 0.700. The van der Waals surface area contributed by atoms with Crippen LogP contribution in [0.1, 0.15) is 12.8 Å². The molecule has 110 valence electrons. The number of carboxylic acids is 1. The third-order valence-electron chi connectivity index (χ3n) is 2.90. The van der Waals surface area contributed by atoms with E-state index < -0.39 is 43.3 Å². The zero-order chi connectivity index (χ0) is 14.6. The van der Waals surface area contributed by atoms with Crippen LogP contribution in [0.4, 0.5) is 18.0 Å². The molecule has 0 radical (unpaired) electrons. The number of halogens is 3. The van der Waals surface area contributed by atoms with Crippen molar-refractivity contribution in [3.05, 3.63) is 0 Å². The second kappa shape index (κ2) is 6.09. The van der Waals surface area contributed by atoms with E-state index in [1.165, 1.54) is 0 Å². The summed E-state index contributed by atoms with van der Waals surface area (Å²) in [5, 5.41) is 19.4. The van der Waals surface area contributed by atoms with Crippen molar-refractivity contribution < 1.29 is 33.0 Å². The maximum atomic E-state index is 12.5. The van der Waals surface area contributed by atoms with Crippen molar-refractivity contribution in [2.45, 2.75) is 25.1 Å². The molecule has 9 heteroatoms. The Labute approximate surface area is 107 Å². The van der Waals surface area contributed by atoms with E-state index in [1.54, 1.807) is 0 Å². The van der Waals surface area contributed by atoms with Crippen LogP contribution >= 0.6 is 0 Å². The first-order chi connectivity index (χ1) is 8.71. The van der Waals surface area contributed by atoms with E-state index in [2.05, 4.69) is 5.32 Å². The fourth-order valence-corrected chi connectivity index (χ4v) is 1.81. The molecule has 0 saturated carbocycles. The normalized spacial score (nSPS) is 21.9.